The third-order valence-electron chi connectivity index (χ3n) is 3.39. The smallest absolute Gasteiger partial charge is 0.339 e. The molecular weight excluding hydrogens is 407 g/mol. The highest BCUT2D eigenvalue weighted by atomic mass is 127. The molecule has 116 valence electrons. The fraction of sp³-hybridized carbons (Fsp3) is 0.118. The van der Waals surface area contributed by atoms with E-state index in [1.165, 1.54) is 0 Å². The summed E-state index contributed by atoms with van der Waals surface area (Å²) in [6, 6.07) is 14.2. The summed E-state index contributed by atoms with van der Waals surface area (Å²) in [7, 11) is 0. The zero-order valence-corrected chi connectivity index (χ0v) is 14.4. The number of carbonyl (C=O) groups excluding carboxylic acids is 1. The summed E-state index contributed by atoms with van der Waals surface area (Å²) in [5.41, 5.74) is 0.814. The molecule has 3 aromatic rings. The van der Waals surface area contributed by atoms with Crippen LogP contribution in [0.2, 0.25) is 0 Å². The van der Waals surface area contributed by atoms with E-state index in [0.29, 0.717) is 22.3 Å². The number of halogens is 1. The van der Waals surface area contributed by atoms with Crippen LogP contribution in [0.25, 0.3) is 10.9 Å². The molecule has 0 aliphatic carbocycles. The van der Waals surface area contributed by atoms with Crippen LogP contribution in [-0.2, 0) is 4.74 Å². The van der Waals surface area contributed by atoms with E-state index in [9.17, 15) is 9.59 Å². The molecule has 23 heavy (non-hydrogen) atoms. The average Bonchev–Trinajstić information content (AvgIpc) is 2.55. The number of hydrogen-bond donors (Lipinski definition) is 1. The second kappa shape index (κ2) is 6.49. The quantitative estimate of drug-likeness (QED) is 0.521. The molecule has 0 bridgehead atoms. The Labute approximate surface area is 145 Å². The molecule has 0 aliphatic heterocycles. The molecule has 0 radical (unpaired) electrons. The number of aromatic nitrogens is 2. The molecule has 6 heteroatoms. The monoisotopic (exact) mass is 420 g/mol. The topological polar surface area (TPSA) is 72.0 Å². The van der Waals surface area contributed by atoms with Gasteiger partial charge in [-0.3, -0.25) is 4.79 Å². The van der Waals surface area contributed by atoms with Crippen molar-refractivity contribution in [2.75, 3.05) is 0 Å². The Hall–Kier alpha value is -2.22. The summed E-state index contributed by atoms with van der Waals surface area (Å²) in [5, 5.41) is 0.507. The summed E-state index contributed by atoms with van der Waals surface area (Å²) in [6.07, 6.45) is -0.657. The first-order valence-electron chi connectivity index (χ1n) is 7.00. The Bertz CT molecular complexity index is 936. The van der Waals surface area contributed by atoms with Crippen LogP contribution in [0.3, 0.4) is 0 Å². The van der Waals surface area contributed by atoms with E-state index in [0.717, 1.165) is 3.57 Å². The van der Waals surface area contributed by atoms with Crippen molar-refractivity contribution in [2.45, 2.75) is 13.0 Å². The molecule has 1 heterocycles. The van der Waals surface area contributed by atoms with Crippen LogP contribution in [0.1, 0.15) is 29.2 Å². The van der Waals surface area contributed by atoms with E-state index in [4.69, 9.17) is 4.74 Å². The van der Waals surface area contributed by atoms with Crippen molar-refractivity contribution >= 4 is 39.5 Å². The minimum atomic E-state index is -0.657. The van der Waals surface area contributed by atoms with Crippen molar-refractivity contribution in [3.63, 3.8) is 0 Å². The average molecular weight is 420 g/mol. The lowest BCUT2D eigenvalue weighted by Gasteiger charge is -2.13. The number of H-pyrrole nitrogens is 1. The third kappa shape index (κ3) is 3.26. The number of benzene rings is 2. The van der Waals surface area contributed by atoms with Gasteiger partial charge in [-0.1, -0.05) is 24.3 Å². The highest BCUT2D eigenvalue weighted by molar-refractivity contribution is 14.1. The van der Waals surface area contributed by atoms with Gasteiger partial charge >= 0.3 is 5.97 Å². The largest absolute Gasteiger partial charge is 0.451 e. The molecular formula is C17H13IN2O3. The molecule has 2 aromatic carbocycles. The number of nitrogens with one attached hydrogen (secondary N) is 1. The van der Waals surface area contributed by atoms with Gasteiger partial charge in [0.1, 0.15) is 0 Å². The second-order valence-electron chi connectivity index (χ2n) is 5.00. The number of fused-ring (bicyclic) bond motifs is 1. The standard InChI is InChI=1S/C17H13IN2O3/c1-10(23-17(22)11-6-2-4-8-13(11)18)15-19-14-9-5-3-7-12(14)16(21)20-15/h2-10H,1H3,(H,19,20,21)/t10-/m0/s1. The summed E-state index contributed by atoms with van der Waals surface area (Å²) in [5.74, 6) is -0.119. The maximum absolute atomic E-state index is 12.3. The summed E-state index contributed by atoms with van der Waals surface area (Å²) in [4.78, 5) is 31.4. The van der Waals surface area contributed by atoms with Gasteiger partial charge in [-0.2, -0.15) is 0 Å². The van der Waals surface area contributed by atoms with Gasteiger partial charge in [-0.05, 0) is 53.8 Å². The van der Waals surface area contributed by atoms with Gasteiger partial charge in [0.05, 0.1) is 16.5 Å². The molecule has 0 aliphatic rings. The van der Waals surface area contributed by atoms with Crippen molar-refractivity contribution in [1.82, 2.24) is 9.97 Å². The van der Waals surface area contributed by atoms with Crippen molar-refractivity contribution in [3.05, 3.63) is 73.8 Å². The van der Waals surface area contributed by atoms with Crippen LogP contribution >= 0.6 is 22.6 Å². The van der Waals surface area contributed by atoms with Crippen molar-refractivity contribution in [3.8, 4) is 0 Å². The molecule has 1 atom stereocenters. The number of aromatic amines is 1. The van der Waals surface area contributed by atoms with Crippen LogP contribution in [-0.4, -0.2) is 15.9 Å². The predicted molar refractivity (Wildman–Crippen MR) is 95.4 cm³/mol. The van der Waals surface area contributed by atoms with Crippen LogP contribution < -0.4 is 5.56 Å². The Balaban J connectivity index is 1.89. The van der Waals surface area contributed by atoms with Gasteiger partial charge in [0.2, 0.25) is 0 Å². The fourth-order valence-corrected chi connectivity index (χ4v) is 2.81. The van der Waals surface area contributed by atoms with Gasteiger partial charge in [0.25, 0.3) is 5.56 Å². The van der Waals surface area contributed by atoms with Gasteiger partial charge in [-0.15, -0.1) is 0 Å². The van der Waals surface area contributed by atoms with Crippen molar-refractivity contribution in [1.29, 1.82) is 0 Å². The number of para-hydroxylation sites is 1. The predicted octanol–water partition coefficient (Wildman–Crippen LogP) is 3.45. The molecule has 5 nitrogen and oxygen atoms in total. The van der Waals surface area contributed by atoms with Crippen LogP contribution in [0.4, 0.5) is 0 Å². The minimum Gasteiger partial charge on any atom is -0.451 e. The van der Waals surface area contributed by atoms with Gasteiger partial charge < -0.3 is 9.72 Å². The van der Waals surface area contributed by atoms with Gasteiger partial charge in [0.15, 0.2) is 11.9 Å². The molecule has 0 amide bonds. The van der Waals surface area contributed by atoms with E-state index in [-0.39, 0.29) is 5.56 Å². The first-order valence-corrected chi connectivity index (χ1v) is 8.08. The molecule has 0 saturated heterocycles. The molecule has 3 rings (SSSR count). The highest BCUT2D eigenvalue weighted by Gasteiger charge is 2.18. The van der Waals surface area contributed by atoms with Crippen LogP contribution in [0.5, 0.6) is 0 Å². The van der Waals surface area contributed by atoms with Gasteiger partial charge in [0, 0.05) is 3.57 Å². The zero-order chi connectivity index (χ0) is 16.4. The number of ether oxygens (including phenoxy) is 1. The number of rotatable bonds is 3. The lowest BCUT2D eigenvalue weighted by atomic mass is 10.2. The van der Waals surface area contributed by atoms with E-state index < -0.39 is 12.1 Å². The fourth-order valence-electron chi connectivity index (χ4n) is 2.20. The second-order valence-corrected chi connectivity index (χ2v) is 6.16. The third-order valence-corrected chi connectivity index (χ3v) is 4.33. The summed E-state index contributed by atoms with van der Waals surface area (Å²) >= 11 is 2.08. The Morgan fingerprint density at radius 1 is 1.17 bits per heavy atom. The molecule has 0 saturated carbocycles. The molecule has 1 aromatic heterocycles. The number of hydrogen-bond acceptors (Lipinski definition) is 4. The van der Waals surface area contributed by atoms with E-state index in [1.54, 1.807) is 37.3 Å². The van der Waals surface area contributed by atoms with E-state index in [2.05, 4.69) is 32.6 Å². The Morgan fingerprint density at radius 3 is 2.65 bits per heavy atom. The summed E-state index contributed by atoms with van der Waals surface area (Å²) in [6.45, 7) is 1.68. The molecule has 1 N–H and O–H groups in total. The zero-order valence-electron chi connectivity index (χ0n) is 12.2. The number of nitrogens with zero attached hydrogens (tertiary/aromatic N) is 1. The van der Waals surface area contributed by atoms with Gasteiger partial charge in [-0.25, -0.2) is 9.78 Å². The first kappa shape index (κ1) is 15.7. The Morgan fingerprint density at radius 2 is 1.87 bits per heavy atom. The number of carbonyl (C=O) groups is 1. The first-order chi connectivity index (χ1) is 11.1. The van der Waals surface area contributed by atoms with E-state index >= 15 is 0 Å². The van der Waals surface area contributed by atoms with E-state index in [1.807, 2.05) is 18.2 Å². The maximum atomic E-state index is 12.3. The van der Waals surface area contributed by atoms with Crippen molar-refractivity contribution < 1.29 is 9.53 Å². The van der Waals surface area contributed by atoms with Crippen LogP contribution in [0, 0.1) is 3.57 Å². The molecule has 0 unspecified atom stereocenters. The van der Waals surface area contributed by atoms with Crippen LogP contribution in [0.15, 0.2) is 53.3 Å². The highest BCUT2D eigenvalue weighted by Crippen LogP contribution is 2.19. The van der Waals surface area contributed by atoms with Crippen molar-refractivity contribution in [2.24, 2.45) is 0 Å². The molecule has 0 spiro atoms. The number of esters is 1. The minimum absolute atomic E-state index is 0.247. The molecule has 0 fully saturated rings. The normalized spacial score (nSPS) is 12.1. The lowest BCUT2D eigenvalue weighted by Crippen LogP contribution is -2.17. The maximum Gasteiger partial charge on any atom is 0.339 e. The summed E-state index contributed by atoms with van der Waals surface area (Å²) < 4.78 is 6.24. The lowest BCUT2D eigenvalue weighted by molar-refractivity contribution is 0.0318. The SMILES string of the molecule is C[C@H](OC(=O)c1ccccc1I)c1nc2ccccc2c(=O)[nH]1. The Kier molecular flexibility index (Phi) is 4.42.